The second-order valence-electron chi connectivity index (χ2n) is 5.85. The van der Waals surface area contributed by atoms with E-state index < -0.39 is 11.5 Å². The van der Waals surface area contributed by atoms with Crippen LogP contribution in [0.4, 0.5) is 20.2 Å². The Balaban J connectivity index is 2.03. The lowest BCUT2D eigenvalue weighted by Crippen LogP contribution is -2.15. The Morgan fingerprint density at radius 2 is 1.86 bits per heavy atom. The summed E-state index contributed by atoms with van der Waals surface area (Å²) in [7, 11) is 1.53. The first kappa shape index (κ1) is 20.6. The van der Waals surface area contributed by atoms with Gasteiger partial charge >= 0.3 is 11.5 Å². The molecule has 0 fully saturated rings. The van der Waals surface area contributed by atoms with Crippen molar-refractivity contribution in [3.63, 3.8) is 0 Å². The van der Waals surface area contributed by atoms with Gasteiger partial charge in [-0.15, -0.1) is 8.78 Å². The number of benzene rings is 2. The van der Waals surface area contributed by atoms with Crippen molar-refractivity contribution >= 4 is 39.8 Å². The van der Waals surface area contributed by atoms with E-state index in [2.05, 4.69) is 15.0 Å². The van der Waals surface area contributed by atoms with Crippen molar-refractivity contribution in [2.75, 3.05) is 19.0 Å². The number of esters is 1. The molecule has 2 aromatic carbocycles. The van der Waals surface area contributed by atoms with Crippen molar-refractivity contribution in [1.29, 1.82) is 0 Å². The molecule has 1 heterocycles. The van der Waals surface area contributed by atoms with Crippen LogP contribution < -0.4 is 14.8 Å². The van der Waals surface area contributed by atoms with Crippen LogP contribution in [0.1, 0.15) is 17.3 Å². The number of hydrogen-bond donors (Lipinski definition) is 1. The minimum atomic E-state index is -3.80. The van der Waals surface area contributed by atoms with E-state index in [4.69, 9.17) is 21.1 Å². The summed E-state index contributed by atoms with van der Waals surface area (Å²) in [5, 5.41) is 3.75. The molecule has 0 amide bonds. The van der Waals surface area contributed by atoms with E-state index in [0.717, 1.165) is 0 Å². The molecule has 0 saturated carbocycles. The van der Waals surface area contributed by atoms with Crippen molar-refractivity contribution in [2.24, 2.45) is 0 Å². The topological polar surface area (TPSA) is 69.7 Å². The highest BCUT2D eigenvalue weighted by Gasteiger charge is 2.27. The first-order valence-corrected chi connectivity index (χ1v) is 8.95. The lowest BCUT2D eigenvalue weighted by molar-refractivity contribution is -0.0964. The van der Waals surface area contributed by atoms with Gasteiger partial charge in [0.25, 0.3) is 0 Å². The van der Waals surface area contributed by atoms with E-state index in [9.17, 15) is 13.6 Å². The van der Waals surface area contributed by atoms with Crippen molar-refractivity contribution in [2.45, 2.75) is 12.5 Å². The number of ether oxygens (including phenoxy) is 3. The number of nitrogens with zero attached hydrogens (tertiary/aromatic N) is 1. The van der Waals surface area contributed by atoms with Crippen LogP contribution in [0.3, 0.4) is 0 Å². The Hall–Kier alpha value is -3.13. The highest BCUT2D eigenvalue weighted by molar-refractivity contribution is 6.20. The van der Waals surface area contributed by atoms with Gasteiger partial charge in [-0.2, -0.15) is 0 Å². The van der Waals surface area contributed by atoms with Crippen LogP contribution in [0, 0.1) is 0 Å². The summed E-state index contributed by atoms with van der Waals surface area (Å²) in [6, 6.07) is 10.9. The highest BCUT2D eigenvalue weighted by Crippen LogP contribution is 2.33. The van der Waals surface area contributed by atoms with Crippen LogP contribution >= 0.6 is 11.6 Å². The lowest BCUT2D eigenvalue weighted by Gasteiger charge is -2.15. The standard InChI is InChI=1S/C20H17ClF2N2O4/c1-3-28-19(26)16-11-24-17-9-8-14(27-2)10-15(17)18(16)25-12-4-6-13(7-5-12)29-20(21,22)23/h4-11H,3H2,1-2H3,(H,24,25). The molecule has 1 N–H and O–H groups in total. The summed E-state index contributed by atoms with van der Waals surface area (Å²) in [6.45, 7) is 1.90. The Kier molecular flexibility index (Phi) is 6.03. The SMILES string of the molecule is CCOC(=O)c1cnc2ccc(OC)cc2c1Nc1ccc(OC(F)(F)Cl)cc1. The molecule has 0 atom stereocenters. The van der Waals surface area contributed by atoms with Crippen LogP contribution in [0.15, 0.2) is 48.7 Å². The molecule has 0 bridgehead atoms. The molecular weight excluding hydrogens is 406 g/mol. The summed E-state index contributed by atoms with van der Waals surface area (Å²) in [4.78, 5) is 16.7. The van der Waals surface area contributed by atoms with Gasteiger partial charge in [-0.3, -0.25) is 4.98 Å². The second kappa shape index (κ2) is 8.48. The summed E-state index contributed by atoms with van der Waals surface area (Å²) in [5.41, 5.74) is -1.98. The number of halogens is 3. The van der Waals surface area contributed by atoms with Gasteiger partial charge in [-0.1, -0.05) is 0 Å². The fraction of sp³-hybridized carbons (Fsp3) is 0.200. The Morgan fingerprint density at radius 3 is 2.48 bits per heavy atom. The monoisotopic (exact) mass is 422 g/mol. The molecule has 3 aromatic rings. The maximum atomic E-state index is 12.8. The van der Waals surface area contributed by atoms with Crippen LogP contribution in [0.2, 0.25) is 0 Å². The van der Waals surface area contributed by atoms with Gasteiger partial charge in [0.05, 0.1) is 24.9 Å². The number of methoxy groups -OCH3 is 1. The van der Waals surface area contributed by atoms with Crippen molar-refractivity contribution in [1.82, 2.24) is 4.98 Å². The van der Waals surface area contributed by atoms with Gasteiger partial charge in [-0.25, -0.2) is 4.79 Å². The van der Waals surface area contributed by atoms with Gasteiger partial charge in [0, 0.05) is 28.9 Å². The smallest absolute Gasteiger partial charge is 0.487 e. The summed E-state index contributed by atoms with van der Waals surface area (Å²) < 4.78 is 40.2. The molecule has 0 aliphatic carbocycles. The number of carbonyl (C=O) groups excluding carboxylic acids is 1. The average Bonchev–Trinajstić information content (AvgIpc) is 2.68. The first-order valence-electron chi connectivity index (χ1n) is 8.57. The van der Waals surface area contributed by atoms with Gasteiger partial charge < -0.3 is 19.5 Å². The van der Waals surface area contributed by atoms with Gasteiger partial charge in [0.1, 0.15) is 17.1 Å². The molecule has 0 aliphatic heterocycles. The van der Waals surface area contributed by atoms with Crippen molar-refractivity contribution in [3.8, 4) is 11.5 Å². The van der Waals surface area contributed by atoms with Gasteiger partial charge in [0.15, 0.2) is 0 Å². The zero-order valence-corrected chi connectivity index (χ0v) is 16.3. The molecule has 0 unspecified atom stereocenters. The third-order valence-electron chi connectivity index (χ3n) is 3.93. The van der Waals surface area contributed by atoms with E-state index in [1.807, 2.05) is 0 Å². The average molecular weight is 423 g/mol. The Bertz CT molecular complexity index is 1020. The molecule has 3 rings (SSSR count). The maximum Gasteiger partial charge on any atom is 0.487 e. The van der Waals surface area contributed by atoms with E-state index in [1.165, 1.54) is 37.6 Å². The van der Waals surface area contributed by atoms with Crippen LogP contribution in [0.25, 0.3) is 10.9 Å². The third-order valence-corrected chi connectivity index (χ3v) is 4.00. The molecule has 1 aromatic heterocycles. The van der Waals surface area contributed by atoms with E-state index >= 15 is 0 Å². The Morgan fingerprint density at radius 1 is 1.17 bits per heavy atom. The fourth-order valence-corrected chi connectivity index (χ4v) is 2.77. The number of anilines is 2. The normalized spacial score (nSPS) is 11.2. The highest BCUT2D eigenvalue weighted by atomic mass is 35.5. The van der Waals surface area contributed by atoms with Gasteiger partial charge in [-0.05, 0) is 49.4 Å². The predicted molar refractivity (Wildman–Crippen MR) is 105 cm³/mol. The summed E-state index contributed by atoms with van der Waals surface area (Å²) >= 11 is 4.78. The third kappa shape index (κ3) is 5.03. The molecule has 6 nitrogen and oxygen atoms in total. The number of aromatic nitrogens is 1. The number of hydrogen-bond acceptors (Lipinski definition) is 6. The molecule has 0 aliphatic rings. The quantitative estimate of drug-likeness (QED) is 0.410. The zero-order chi connectivity index (χ0) is 21.0. The van der Waals surface area contributed by atoms with Crippen molar-refractivity contribution < 1.29 is 27.8 Å². The van der Waals surface area contributed by atoms with E-state index in [0.29, 0.717) is 28.0 Å². The molecule has 152 valence electrons. The van der Waals surface area contributed by atoms with Gasteiger partial charge in [0.2, 0.25) is 0 Å². The summed E-state index contributed by atoms with van der Waals surface area (Å²) in [5.74, 6) is -0.0761. The zero-order valence-electron chi connectivity index (χ0n) is 15.5. The number of alkyl halides is 3. The van der Waals surface area contributed by atoms with Crippen LogP contribution in [0.5, 0.6) is 11.5 Å². The van der Waals surface area contributed by atoms with E-state index in [-0.39, 0.29) is 17.9 Å². The van der Waals surface area contributed by atoms with Crippen LogP contribution in [-0.4, -0.2) is 30.2 Å². The minimum absolute atomic E-state index is 0.109. The number of carbonyl (C=O) groups is 1. The molecule has 0 radical (unpaired) electrons. The fourth-order valence-electron chi connectivity index (χ4n) is 2.68. The first-order chi connectivity index (χ1) is 13.8. The number of nitrogens with one attached hydrogen (secondary N) is 1. The largest absolute Gasteiger partial charge is 0.497 e. The van der Waals surface area contributed by atoms with Crippen molar-refractivity contribution in [3.05, 3.63) is 54.2 Å². The lowest BCUT2D eigenvalue weighted by atomic mass is 10.1. The maximum absolute atomic E-state index is 12.8. The molecule has 0 saturated heterocycles. The van der Waals surface area contributed by atoms with E-state index in [1.54, 1.807) is 25.1 Å². The summed E-state index contributed by atoms with van der Waals surface area (Å²) in [6.07, 6.45) is 1.42. The minimum Gasteiger partial charge on any atom is -0.497 e. The molecule has 9 heteroatoms. The molecule has 0 spiro atoms. The number of rotatable bonds is 7. The molecular formula is C20H17ClF2N2O4. The predicted octanol–water partition coefficient (Wildman–Crippen LogP) is 5.33. The second-order valence-corrected chi connectivity index (χ2v) is 6.29. The number of fused-ring (bicyclic) bond motifs is 1. The number of pyridine rings is 1. The van der Waals surface area contributed by atoms with Crippen LogP contribution in [-0.2, 0) is 4.74 Å². The Labute approximate surface area is 170 Å². The molecule has 29 heavy (non-hydrogen) atoms.